The molecular weight excluding hydrogens is 396 g/mol. The Morgan fingerprint density at radius 3 is 2.50 bits per heavy atom. The largest absolute Gasteiger partial charge is 0.497 e. The molecule has 2 aromatic heterocycles. The second kappa shape index (κ2) is 8.59. The molecule has 0 saturated carbocycles. The van der Waals surface area contributed by atoms with E-state index in [1.807, 2.05) is 68.6 Å². The van der Waals surface area contributed by atoms with E-state index in [1.54, 1.807) is 7.11 Å². The molecule has 0 radical (unpaired) electrons. The van der Waals surface area contributed by atoms with Crippen LogP contribution >= 0.6 is 11.8 Å². The van der Waals surface area contributed by atoms with Crippen LogP contribution in [-0.2, 0) is 11.2 Å². The average molecular weight is 419 g/mol. The maximum Gasteiger partial charge on any atom is 0.228 e. The maximum atomic E-state index is 12.5. The minimum atomic E-state index is -0.0724. The molecule has 2 aromatic carbocycles. The minimum absolute atomic E-state index is 0.0724. The highest BCUT2D eigenvalue weighted by Gasteiger charge is 2.11. The minimum Gasteiger partial charge on any atom is -0.497 e. The summed E-state index contributed by atoms with van der Waals surface area (Å²) in [5, 5.41) is 4.67. The van der Waals surface area contributed by atoms with Gasteiger partial charge in [-0.2, -0.15) is 0 Å². The van der Waals surface area contributed by atoms with E-state index in [2.05, 4.69) is 20.3 Å². The van der Waals surface area contributed by atoms with Crippen molar-refractivity contribution in [3.8, 4) is 5.75 Å². The second-order valence-electron chi connectivity index (χ2n) is 7.01. The smallest absolute Gasteiger partial charge is 0.228 e. The Balaban J connectivity index is 1.41. The number of fused-ring (bicyclic) bond motifs is 1. The first kappa shape index (κ1) is 20.0. The molecule has 2 heterocycles. The lowest BCUT2D eigenvalue weighted by molar-refractivity contribution is -0.115. The third kappa shape index (κ3) is 4.63. The summed E-state index contributed by atoms with van der Waals surface area (Å²) in [4.78, 5) is 25.7. The van der Waals surface area contributed by atoms with Gasteiger partial charge in [-0.05, 0) is 79.7 Å². The zero-order chi connectivity index (χ0) is 21.1. The standard InChI is InChI=1S/C23H22N4O2S/c1-14-10-15(2)26-23(25-14)30-19-7-4-17(5-8-19)27-22(28)11-16-13-24-21-9-6-18(29-3)12-20(16)21/h4-10,12-13,24H,11H2,1-3H3,(H,27,28). The number of H-pyrrole nitrogens is 1. The van der Waals surface area contributed by atoms with Crippen molar-refractivity contribution in [3.63, 3.8) is 0 Å². The fourth-order valence-corrected chi connectivity index (χ4v) is 4.12. The Labute approximate surface area is 179 Å². The highest BCUT2D eigenvalue weighted by Crippen LogP contribution is 2.27. The molecule has 2 N–H and O–H groups in total. The summed E-state index contributed by atoms with van der Waals surface area (Å²) in [5.41, 5.74) is 4.56. The van der Waals surface area contributed by atoms with E-state index in [9.17, 15) is 4.79 Å². The number of ether oxygens (including phenoxy) is 1. The Kier molecular flexibility index (Phi) is 5.72. The predicted octanol–water partition coefficient (Wildman–Crippen LogP) is 4.92. The van der Waals surface area contributed by atoms with Crippen LogP contribution in [0.4, 0.5) is 5.69 Å². The summed E-state index contributed by atoms with van der Waals surface area (Å²) >= 11 is 1.50. The lowest BCUT2D eigenvalue weighted by atomic mass is 10.1. The lowest BCUT2D eigenvalue weighted by Crippen LogP contribution is -2.14. The van der Waals surface area contributed by atoms with Crippen molar-refractivity contribution >= 4 is 34.3 Å². The van der Waals surface area contributed by atoms with Crippen LogP contribution in [0.5, 0.6) is 5.75 Å². The zero-order valence-corrected chi connectivity index (χ0v) is 17.8. The molecule has 4 rings (SSSR count). The first-order valence-corrected chi connectivity index (χ1v) is 10.4. The van der Waals surface area contributed by atoms with Gasteiger partial charge in [-0.1, -0.05) is 0 Å². The molecule has 0 aliphatic carbocycles. The summed E-state index contributed by atoms with van der Waals surface area (Å²) in [6.45, 7) is 3.92. The number of aromatic amines is 1. The van der Waals surface area contributed by atoms with Crippen molar-refractivity contribution in [2.75, 3.05) is 12.4 Å². The monoisotopic (exact) mass is 418 g/mol. The van der Waals surface area contributed by atoms with Crippen LogP contribution in [0.3, 0.4) is 0 Å². The number of aromatic nitrogens is 3. The average Bonchev–Trinajstić information content (AvgIpc) is 3.10. The highest BCUT2D eigenvalue weighted by atomic mass is 32.2. The van der Waals surface area contributed by atoms with Crippen LogP contribution in [0.25, 0.3) is 10.9 Å². The van der Waals surface area contributed by atoms with E-state index >= 15 is 0 Å². The molecule has 0 saturated heterocycles. The van der Waals surface area contributed by atoms with E-state index < -0.39 is 0 Å². The quantitative estimate of drug-likeness (QED) is 0.435. The number of carbonyl (C=O) groups is 1. The van der Waals surface area contributed by atoms with Crippen LogP contribution in [0.2, 0.25) is 0 Å². The van der Waals surface area contributed by atoms with Crippen LogP contribution in [0, 0.1) is 13.8 Å². The normalized spacial score (nSPS) is 10.9. The van der Waals surface area contributed by atoms with Gasteiger partial charge >= 0.3 is 0 Å². The molecule has 0 aliphatic heterocycles. The third-order valence-corrected chi connectivity index (χ3v) is 5.51. The zero-order valence-electron chi connectivity index (χ0n) is 17.0. The predicted molar refractivity (Wildman–Crippen MR) is 119 cm³/mol. The first-order chi connectivity index (χ1) is 14.5. The van der Waals surface area contributed by atoms with E-state index in [0.29, 0.717) is 0 Å². The molecule has 0 bridgehead atoms. The summed E-state index contributed by atoms with van der Waals surface area (Å²) in [7, 11) is 1.63. The molecule has 7 heteroatoms. The van der Waals surface area contributed by atoms with Crippen molar-refractivity contribution in [3.05, 3.63) is 71.7 Å². The molecule has 0 atom stereocenters. The first-order valence-electron chi connectivity index (χ1n) is 9.54. The van der Waals surface area contributed by atoms with Gasteiger partial charge in [0.2, 0.25) is 5.91 Å². The van der Waals surface area contributed by atoms with Gasteiger partial charge in [-0.3, -0.25) is 4.79 Å². The van der Waals surface area contributed by atoms with Gasteiger partial charge < -0.3 is 15.0 Å². The molecule has 0 fully saturated rings. The van der Waals surface area contributed by atoms with Crippen molar-refractivity contribution in [1.29, 1.82) is 0 Å². The number of anilines is 1. The van der Waals surface area contributed by atoms with Gasteiger partial charge in [0.05, 0.1) is 13.5 Å². The summed E-state index contributed by atoms with van der Waals surface area (Å²) < 4.78 is 5.29. The number of nitrogens with one attached hydrogen (secondary N) is 2. The summed E-state index contributed by atoms with van der Waals surface area (Å²) in [6.07, 6.45) is 2.15. The van der Waals surface area contributed by atoms with Gasteiger partial charge in [0.1, 0.15) is 5.75 Å². The van der Waals surface area contributed by atoms with Crippen molar-refractivity contribution in [2.45, 2.75) is 30.3 Å². The number of carbonyl (C=O) groups excluding carboxylic acids is 1. The maximum absolute atomic E-state index is 12.5. The number of methoxy groups -OCH3 is 1. The third-order valence-electron chi connectivity index (χ3n) is 4.63. The molecule has 0 aliphatic rings. The molecule has 4 aromatic rings. The Hall–Kier alpha value is -3.32. The molecular formula is C23H22N4O2S. The summed E-state index contributed by atoms with van der Waals surface area (Å²) in [6, 6.07) is 15.4. The van der Waals surface area contributed by atoms with E-state index in [0.717, 1.165) is 49.3 Å². The number of rotatable bonds is 6. The highest BCUT2D eigenvalue weighted by molar-refractivity contribution is 7.99. The van der Waals surface area contributed by atoms with Gasteiger partial charge in [-0.15, -0.1) is 0 Å². The Bertz CT molecular complexity index is 1180. The molecule has 6 nitrogen and oxygen atoms in total. The number of benzene rings is 2. The van der Waals surface area contributed by atoms with Gasteiger partial charge in [0.25, 0.3) is 0 Å². The number of hydrogen-bond acceptors (Lipinski definition) is 5. The number of hydrogen-bond donors (Lipinski definition) is 2. The van der Waals surface area contributed by atoms with Crippen LogP contribution in [-0.4, -0.2) is 28.0 Å². The van der Waals surface area contributed by atoms with Gasteiger partial charge in [-0.25, -0.2) is 9.97 Å². The van der Waals surface area contributed by atoms with E-state index in [-0.39, 0.29) is 12.3 Å². The van der Waals surface area contributed by atoms with Gasteiger partial charge in [0.15, 0.2) is 5.16 Å². The Morgan fingerprint density at radius 1 is 1.07 bits per heavy atom. The number of aryl methyl sites for hydroxylation is 2. The lowest BCUT2D eigenvalue weighted by Gasteiger charge is -2.07. The molecule has 1 amide bonds. The fourth-order valence-electron chi connectivity index (χ4n) is 3.26. The molecule has 0 unspecified atom stereocenters. The fraction of sp³-hybridized carbons (Fsp3) is 0.174. The van der Waals surface area contributed by atoms with E-state index in [4.69, 9.17) is 4.74 Å². The number of nitrogens with zero attached hydrogens (tertiary/aromatic N) is 2. The second-order valence-corrected chi connectivity index (χ2v) is 8.05. The molecule has 152 valence electrons. The van der Waals surface area contributed by atoms with Gasteiger partial charge in [0, 0.05) is 39.1 Å². The molecule has 30 heavy (non-hydrogen) atoms. The van der Waals surface area contributed by atoms with Crippen molar-refractivity contribution in [2.24, 2.45) is 0 Å². The van der Waals surface area contributed by atoms with E-state index in [1.165, 1.54) is 11.8 Å². The van der Waals surface area contributed by atoms with Crippen molar-refractivity contribution < 1.29 is 9.53 Å². The number of amides is 1. The van der Waals surface area contributed by atoms with Crippen LogP contribution in [0.1, 0.15) is 17.0 Å². The van der Waals surface area contributed by atoms with Crippen molar-refractivity contribution in [1.82, 2.24) is 15.0 Å². The summed E-state index contributed by atoms with van der Waals surface area (Å²) in [5.74, 6) is 0.696. The molecule has 0 spiro atoms. The van der Waals surface area contributed by atoms with Crippen LogP contribution < -0.4 is 10.1 Å². The Morgan fingerprint density at radius 2 is 1.80 bits per heavy atom. The topological polar surface area (TPSA) is 79.9 Å². The SMILES string of the molecule is COc1ccc2[nH]cc(CC(=O)Nc3ccc(Sc4nc(C)cc(C)n4)cc3)c2c1. The van der Waals surface area contributed by atoms with Crippen LogP contribution in [0.15, 0.2) is 64.8 Å².